The smallest absolute Gasteiger partial charge is 0.341 e. The number of thiophene rings is 1. The van der Waals surface area contributed by atoms with Gasteiger partial charge in [-0.05, 0) is 36.8 Å². The van der Waals surface area contributed by atoms with Crippen LogP contribution in [0, 0.1) is 16.0 Å². The van der Waals surface area contributed by atoms with E-state index in [0.717, 1.165) is 47.9 Å². The van der Waals surface area contributed by atoms with Gasteiger partial charge in [-0.2, -0.15) is 0 Å². The van der Waals surface area contributed by atoms with Gasteiger partial charge in [-0.25, -0.2) is 9.59 Å². The van der Waals surface area contributed by atoms with Crippen LogP contribution in [0.2, 0.25) is 5.02 Å². The highest BCUT2D eigenvalue weighted by atomic mass is 35.5. The Bertz CT molecular complexity index is 1070. The molecular formula is C20H19ClN2O7S. The Kier molecular flexibility index (Phi) is 6.91. The normalized spacial score (nSPS) is 15.0. The second-order valence-electron chi connectivity index (χ2n) is 7.09. The molecule has 1 aromatic heterocycles. The van der Waals surface area contributed by atoms with Crippen molar-refractivity contribution in [2.45, 2.75) is 26.2 Å². The van der Waals surface area contributed by atoms with Crippen LogP contribution < -0.4 is 5.32 Å². The van der Waals surface area contributed by atoms with E-state index in [4.69, 9.17) is 21.1 Å². The van der Waals surface area contributed by atoms with Crippen molar-refractivity contribution in [3.63, 3.8) is 0 Å². The number of halogens is 1. The molecule has 0 spiro atoms. The van der Waals surface area contributed by atoms with Gasteiger partial charge in [-0.3, -0.25) is 14.9 Å². The van der Waals surface area contributed by atoms with E-state index < -0.39 is 29.4 Å². The fourth-order valence-corrected chi connectivity index (χ4v) is 4.98. The average molecular weight is 467 g/mol. The number of esters is 2. The van der Waals surface area contributed by atoms with E-state index in [1.54, 1.807) is 0 Å². The number of ether oxygens (including phenoxy) is 2. The Morgan fingerprint density at radius 3 is 2.71 bits per heavy atom. The molecule has 3 rings (SSSR count). The number of rotatable bonds is 6. The molecular weight excluding hydrogens is 448 g/mol. The molecule has 1 aromatic carbocycles. The number of anilines is 1. The monoisotopic (exact) mass is 466 g/mol. The number of benzene rings is 1. The summed E-state index contributed by atoms with van der Waals surface area (Å²) in [6.45, 7) is 1.51. The van der Waals surface area contributed by atoms with Crippen LogP contribution in [0.1, 0.15) is 44.5 Å². The number of methoxy groups -OCH3 is 1. The van der Waals surface area contributed by atoms with Gasteiger partial charge in [-0.15, -0.1) is 11.3 Å². The van der Waals surface area contributed by atoms with Crippen molar-refractivity contribution in [2.75, 3.05) is 19.0 Å². The first-order chi connectivity index (χ1) is 14.7. The van der Waals surface area contributed by atoms with Crippen molar-refractivity contribution in [2.24, 2.45) is 5.92 Å². The van der Waals surface area contributed by atoms with Gasteiger partial charge in [0.1, 0.15) is 5.00 Å². The van der Waals surface area contributed by atoms with Gasteiger partial charge in [0, 0.05) is 17.0 Å². The van der Waals surface area contributed by atoms with Crippen LogP contribution in [0.15, 0.2) is 18.2 Å². The molecule has 1 atom stereocenters. The van der Waals surface area contributed by atoms with Crippen molar-refractivity contribution < 1.29 is 28.8 Å². The van der Waals surface area contributed by atoms with Gasteiger partial charge >= 0.3 is 11.9 Å². The van der Waals surface area contributed by atoms with Gasteiger partial charge in [0.2, 0.25) is 0 Å². The summed E-state index contributed by atoms with van der Waals surface area (Å²) < 4.78 is 9.85. The van der Waals surface area contributed by atoms with E-state index in [2.05, 4.69) is 12.2 Å². The molecule has 1 aliphatic carbocycles. The molecule has 1 aliphatic rings. The molecule has 0 radical (unpaired) electrons. The van der Waals surface area contributed by atoms with E-state index in [1.807, 2.05) is 0 Å². The van der Waals surface area contributed by atoms with Crippen molar-refractivity contribution in [3.05, 3.63) is 54.9 Å². The summed E-state index contributed by atoms with van der Waals surface area (Å²) in [7, 11) is 1.28. The van der Waals surface area contributed by atoms with E-state index >= 15 is 0 Å². The first-order valence-electron chi connectivity index (χ1n) is 9.35. The number of hydrogen-bond donors (Lipinski definition) is 1. The zero-order chi connectivity index (χ0) is 22.7. The molecule has 31 heavy (non-hydrogen) atoms. The SMILES string of the molecule is COC(=O)c1c(NC(=O)COC(=O)c2ccc([N+](=O)[O-])cc2Cl)sc2c1CCC(C)C2. The molecule has 164 valence electrons. The van der Waals surface area contributed by atoms with E-state index in [9.17, 15) is 24.5 Å². The summed E-state index contributed by atoms with van der Waals surface area (Å²) in [5.41, 5.74) is 0.855. The van der Waals surface area contributed by atoms with Gasteiger partial charge in [0.25, 0.3) is 11.6 Å². The molecule has 0 bridgehead atoms. The zero-order valence-electron chi connectivity index (χ0n) is 16.7. The molecule has 1 unspecified atom stereocenters. The van der Waals surface area contributed by atoms with Crippen LogP contribution in [-0.4, -0.2) is 36.5 Å². The fourth-order valence-electron chi connectivity index (χ4n) is 3.31. The van der Waals surface area contributed by atoms with Gasteiger partial charge in [0.15, 0.2) is 6.61 Å². The molecule has 0 saturated carbocycles. The lowest BCUT2D eigenvalue weighted by atomic mass is 9.88. The standard InChI is InChI=1S/C20H19ClN2O7S/c1-10-3-5-13-15(7-10)31-18(17(13)20(26)29-2)22-16(24)9-30-19(25)12-6-4-11(23(27)28)8-14(12)21/h4,6,8,10H,3,5,7,9H2,1-2H3,(H,22,24). The maximum Gasteiger partial charge on any atom is 0.341 e. The average Bonchev–Trinajstić information content (AvgIpc) is 3.07. The number of nitro benzene ring substituents is 1. The fraction of sp³-hybridized carbons (Fsp3) is 0.350. The maximum absolute atomic E-state index is 12.4. The van der Waals surface area contributed by atoms with Crippen LogP contribution in [0.3, 0.4) is 0 Å². The second-order valence-corrected chi connectivity index (χ2v) is 8.61. The maximum atomic E-state index is 12.4. The Morgan fingerprint density at radius 2 is 2.06 bits per heavy atom. The highest BCUT2D eigenvalue weighted by Crippen LogP contribution is 2.40. The highest BCUT2D eigenvalue weighted by molar-refractivity contribution is 7.17. The van der Waals surface area contributed by atoms with E-state index in [0.29, 0.717) is 16.5 Å². The minimum atomic E-state index is -0.900. The van der Waals surface area contributed by atoms with E-state index in [-0.39, 0.29) is 16.3 Å². The van der Waals surface area contributed by atoms with Gasteiger partial charge < -0.3 is 14.8 Å². The second kappa shape index (κ2) is 9.44. The number of fused-ring (bicyclic) bond motifs is 1. The predicted octanol–water partition coefficient (Wildman–Crippen LogP) is 4.02. The van der Waals surface area contributed by atoms with Crippen LogP contribution >= 0.6 is 22.9 Å². The van der Waals surface area contributed by atoms with Crippen molar-refractivity contribution in [1.29, 1.82) is 0 Å². The van der Waals surface area contributed by atoms with Crippen LogP contribution in [0.4, 0.5) is 10.7 Å². The van der Waals surface area contributed by atoms with Crippen LogP contribution in [0.25, 0.3) is 0 Å². The lowest BCUT2D eigenvalue weighted by Crippen LogP contribution is -2.22. The third kappa shape index (κ3) is 5.02. The highest BCUT2D eigenvalue weighted by Gasteiger charge is 2.29. The molecule has 0 saturated heterocycles. The number of carbonyl (C=O) groups excluding carboxylic acids is 3. The molecule has 1 N–H and O–H groups in total. The Labute approximate surface area is 186 Å². The summed E-state index contributed by atoms with van der Waals surface area (Å²) in [4.78, 5) is 48.0. The Hall–Kier alpha value is -2.98. The Balaban J connectivity index is 1.69. The number of nitrogens with one attached hydrogen (secondary N) is 1. The number of nitro groups is 1. The topological polar surface area (TPSA) is 125 Å². The number of carbonyl (C=O) groups is 3. The summed E-state index contributed by atoms with van der Waals surface area (Å²) in [6.07, 6.45) is 2.48. The van der Waals surface area contributed by atoms with Crippen molar-refractivity contribution in [1.82, 2.24) is 0 Å². The molecule has 11 heteroatoms. The van der Waals surface area contributed by atoms with Gasteiger partial charge in [0.05, 0.1) is 28.2 Å². The molecule has 1 amide bonds. The largest absolute Gasteiger partial charge is 0.465 e. The summed E-state index contributed by atoms with van der Waals surface area (Å²) in [5.74, 6) is -1.59. The lowest BCUT2D eigenvalue weighted by Gasteiger charge is -2.18. The minimum absolute atomic E-state index is 0.101. The van der Waals surface area contributed by atoms with Gasteiger partial charge in [-0.1, -0.05) is 18.5 Å². The minimum Gasteiger partial charge on any atom is -0.465 e. The third-order valence-electron chi connectivity index (χ3n) is 4.87. The number of non-ortho nitro benzene ring substituents is 1. The van der Waals surface area contributed by atoms with Crippen molar-refractivity contribution in [3.8, 4) is 0 Å². The molecule has 9 nitrogen and oxygen atoms in total. The van der Waals surface area contributed by atoms with Crippen molar-refractivity contribution >= 4 is 51.5 Å². The number of hydrogen-bond acceptors (Lipinski definition) is 8. The summed E-state index contributed by atoms with van der Waals surface area (Å²) in [6, 6.07) is 3.30. The lowest BCUT2D eigenvalue weighted by molar-refractivity contribution is -0.384. The molecule has 0 fully saturated rings. The molecule has 0 aliphatic heterocycles. The van der Waals surface area contributed by atoms with E-state index in [1.165, 1.54) is 18.4 Å². The molecule has 1 heterocycles. The summed E-state index contributed by atoms with van der Waals surface area (Å²) in [5, 5.41) is 13.6. The quantitative estimate of drug-likeness (QED) is 0.387. The number of nitrogens with zero attached hydrogens (tertiary/aromatic N) is 1. The van der Waals surface area contributed by atoms with Crippen LogP contribution in [0.5, 0.6) is 0 Å². The third-order valence-corrected chi connectivity index (χ3v) is 6.35. The first-order valence-corrected chi connectivity index (χ1v) is 10.5. The van der Waals surface area contributed by atoms with Crippen LogP contribution in [-0.2, 0) is 27.1 Å². The summed E-state index contributed by atoms with van der Waals surface area (Å²) >= 11 is 7.22. The predicted molar refractivity (Wildman–Crippen MR) is 114 cm³/mol. The molecule has 2 aromatic rings. The first kappa shape index (κ1) is 22.7. The zero-order valence-corrected chi connectivity index (χ0v) is 18.3. The Morgan fingerprint density at radius 1 is 1.32 bits per heavy atom. The number of amides is 1.